The van der Waals surface area contributed by atoms with Gasteiger partial charge in [-0.3, -0.25) is 4.79 Å². The summed E-state index contributed by atoms with van der Waals surface area (Å²) in [7, 11) is 0. The molecule has 0 aromatic rings. The van der Waals surface area contributed by atoms with E-state index < -0.39 is 0 Å². The average molecular weight is 393 g/mol. The molecule has 8 aliphatic rings. The molecule has 0 saturated heterocycles. The summed E-state index contributed by atoms with van der Waals surface area (Å²) in [5.41, 5.74) is -0.340. The van der Waals surface area contributed by atoms with Gasteiger partial charge in [0, 0.05) is 0 Å². The molecule has 0 heterocycles. The van der Waals surface area contributed by atoms with Crippen molar-refractivity contribution >= 4 is 5.97 Å². The van der Waals surface area contributed by atoms with Crippen LogP contribution in [0.5, 0.6) is 0 Å². The molecular weight excluding hydrogens is 356 g/mol. The first-order valence-corrected chi connectivity index (χ1v) is 12.8. The highest BCUT2D eigenvalue weighted by atomic mass is 16.6. The molecule has 29 heavy (non-hydrogen) atoms. The van der Waals surface area contributed by atoms with Crippen molar-refractivity contribution in [2.75, 3.05) is 0 Å². The van der Waals surface area contributed by atoms with Crippen molar-refractivity contribution in [1.29, 1.82) is 0 Å². The van der Waals surface area contributed by atoms with Gasteiger partial charge in [0.15, 0.2) is 0 Å². The van der Waals surface area contributed by atoms with Gasteiger partial charge in [-0.15, -0.1) is 0 Å². The van der Waals surface area contributed by atoms with Gasteiger partial charge in [-0.05, 0) is 136 Å². The normalized spacial score (nSPS) is 64.0. The van der Waals surface area contributed by atoms with E-state index in [1.807, 2.05) is 20.8 Å². The van der Waals surface area contributed by atoms with Gasteiger partial charge >= 0.3 is 5.97 Å². The third-order valence-corrected chi connectivity index (χ3v) is 11.9. The third kappa shape index (κ3) is 1.83. The number of esters is 1. The van der Waals surface area contributed by atoms with Crippen molar-refractivity contribution in [3.05, 3.63) is 12.2 Å². The molecular formula is C27H36O2. The van der Waals surface area contributed by atoms with Crippen molar-refractivity contribution < 1.29 is 9.53 Å². The van der Waals surface area contributed by atoms with E-state index in [0.29, 0.717) is 5.92 Å². The van der Waals surface area contributed by atoms with Gasteiger partial charge in [-0.2, -0.15) is 0 Å². The first-order valence-electron chi connectivity index (χ1n) is 12.8. The number of allylic oxidation sites excluding steroid dienone is 2. The second-order valence-electron chi connectivity index (χ2n) is 13.6. The van der Waals surface area contributed by atoms with E-state index in [1.54, 1.807) is 6.42 Å². The zero-order valence-corrected chi connectivity index (χ0v) is 18.2. The number of rotatable bonds is 1. The largest absolute Gasteiger partial charge is 0.460 e. The number of ether oxygens (including phenoxy) is 1. The van der Waals surface area contributed by atoms with Crippen molar-refractivity contribution in [3.63, 3.8) is 0 Å². The van der Waals surface area contributed by atoms with Gasteiger partial charge in [0.2, 0.25) is 0 Å². The predicted octanol–water partition coefficient (Wildman–Crippen LogP) is 5.19. The van der Waals surface area contributed by atoms with Crippen LogP contribution in [-0.2, 0) is 9.53 Å². The van der Waals surface area contributed by atoms with Gasteiger partial charge in [-0.25, -0.2) is 0 Å². The van der Waals surface area contributed by atoms with Crippen LogP contribution in [0.15, 0.2) is 12.2 Å². The molecule has 8 rings (SSSR count). The molecule has 0 spiro atoms. The fraction of sp³-hybridized carbons (Fsp3) is 0.889. The molecule has 0 aromatic carbocycles. The lowest BCUT2D eigenvalue weighted by molar-refractivity contribution is -0.164. The minimum atomic E-state index is -0.340. The maximum Gasteiger partial charge on any atom is 0.309 e. The van der Waals surface area contributed by atoms with Crippen LogP contribution in [0, 0.1) is 88.8 Å². The van der Waals surface area contributed by atoms with Crippen LogP contribution in [0.4, 0.5) is 0 Å². The van der Waals surface area contributed by atoms with Crippen LogP contribution in [-0.4, -0.2) is 11.6 Å². The Hall–Kier alpha value is -0.790. The van der Waals surface area contributed by atoms with Gasteiger partial charge < -0.3 is 4.74 Å². The Balaban J connectivity index is 1.10. The van der Waals surface area contributed by atoms with E-state index in [0.717, 1.165) is 83.4 Å². The summed E-state index contributed by atoms with van der Waals surface area (Å²) in [5.74, 6) is 14.0. The van der Waals surface area contributed by atoms with Crippen LogP contribution >= 0.6 is 0 Å². The van der Waals surface area contributed by atoms with E-state index in [4.69, 9.17) is 4.74 Å². The lowest BCUT2D eigenvalue weighted by Gasteiger charge is -2.50. The lowest BCUT2D eigenvalue weighted by Crippen LogP contribution is -2.48. The minimum absolute atomic E-state index is 0.133. The van der Waals surface area contributed by atoms with Crippen molar-refractivity contribution in [1.82, 2.24) is 0 Å². The third-order valence-electron chi connectivity index (χ3n) is 11.9. The summed E-state index contributed by atoms with van der Waals surface area (Å²) in [6.07, 6.45) is 12.3. The first kappa shape index (κ1) is 16.8. The zero-order valence-electron chi connectivity index (χ0n) is 18.2. The second-order valence-corrected chi connectivity index (χ2v) is 13.6. The maximum absolute atomic E-state index is 13.0. The van der Waals surface area contributed by atoms with Gasteiger partial charge in [0.1, 0.15) is 5.60 Å². The molecule has 0 radical (unpaired) electrons. The number of carbonyl (C=O) groups excluding carboxylic acids is 1. The summed E-state index contributed by atoms with van der Waals surface area (Å²) >= 11 is 0. The molecule has 8 aliphatic carbocycles. The minimum Gasteiger partial charge on any atom is -0.460 e. The SMILES string of the molecule is CC(C)(C)OC(=O)C1CC2CC1C1C3CC(C21)C1C2CC(C4C5C=CC(C5)C24)C31. The van der Waals surface area contributed by atoms with Crippen LogP contribution in [0.2, 0.25) is 0 Å². The van der Waals surface area contributed by atoms with Crippen LogP contribution in [0.3, 0.4) is 0 Å². The molecule has 156 valence electrons. The van der Waals surface area contributed by atoms with Crippen LogP contribution in [0.1, 0.15) is 52.9 Å². The van der Waals surface area contributed by atoms with E-state index in [2.05, 4.69) is 12.2 Å². The van der Waals surface area contributed by atoms with Gasteiger partial charge in [0.05, 0.1) is 5.92 Å². The Labute approximate surface area is 175 Å². The highest BCUT2D eigenvalue weighted by molar-refractivity contribution is 5.74. The molecule has 7 fully saturated rings. The van der Waals surface area contributed by atoms with Crippen molar-refractivity contribution in [2.45, 2.75) is 58.5 Å². The highest BCUT2D eigenvalue weighted by Gasteiger charge is 2.76. The summed E-state index contributed by atoms with van der Waals surface area (Å²) in [6, 6.07) is 0. The number of hydrogen-bond acceptors (Lipinski definition) is 2. The Kier molecular flexibility index (Phi) is 2.90. The molecule has 2 nitrogen and oxygen atoms in total. The average Bonchev–Trinajstić information content (AvgIpc) is 3.50. The van der Waals surface area contributed by atoms with E-state index in [9.17, 15) is 4.79 Å². The molecule has 15 atom stereocenters. The van der Waals surface area contributed by atoms with E-state index in [-0.39, 0.29) is 17.5 Å². The fourth-order valence-corrected chi connectivity index (χ4v) is 12.1. The highest BCUT2D eigenvalue weighted by Crippen LogP contribution is 2.81. The molecule has 0 aliphatic heterocycles. The Morgan fingerprint density at radius 3 is 1.86 bits per heavy atom. The van der Waals surface area contributed by atoms with Gasteiger partial charge in [-0.1, -0.05) is 12.2 Å². The Bertz CT molecular complexity index is 821. The number of hydrogen-bond donors (Lipinski definition) is 0. The Morgan fingerprint density at radius 2 is 1.24 bits per heavy atom. The van der Waals surface area contributed by atoms with Crippen molar-refractivity contribution in [3.8, 4) is 0 Å². The van der Waals surface area contributed by atoms with Crippen LogP contribution in [0.25, 0.3) is 0 Å². The molecule has 15 unspecified atom stereocenters. The quantitative estimate of drug-likeness (QED) is 0.349. The lowest BCUT2D eigenvalue weighted by atomic mass is 9.54. The molecule has 0 aromatic heterocycles. The predicted molar refractivity (Wildman–Crippen MR) is 110 cm³/mol. The smallest absolute Gasteiger partial charge is 0.309 e. The number of carbonyl (C=O) groups is 1. The van der Waals surface area contributed by atoms with Crippen LogP contribution < -0.4 is 0 Å². The molecule has 7 saturated carbocycles. The monoisotopic (exact) mass is 392 g/mol. The molecule has 0 N–H and O–H groups in total. The topological polar surface area (TPSA) is 26.3 Å². The van der Waals surface area contributed by atoms with Gasteiger partial charge in [0.25, 0.3) is 0 Å². The van der Waals surface area contributed by atoms with E-state index >= 15 is 0 Å². The Morgan fingerprint density at radius 1 is 0.690 bits per heavy atom. The van der Waals surface area contributed by atoms with Crippen molar-refractivity contribution in [2.24, 2.45) is 88.8 Å². The second kappa shape index (κ2) is 4.99. The molecule has 8 bridgehead atoms. The zero-order chi connectivity index (χ0) is 19.4. The molecule has 2 heteroatoms. The van der Waals surface area contributed by atoms with E-state index in [1.165, 1.54) is 19.3 Å². The standard InChI is InChI=1S/C27H36O2/c1-27(2,3)29-26(28)15-8-13-7-14(15)23-19-10-18(22(13)23)24-16-9-17(25(19)24)21-12-5-4-11(6-12)20(16)21/h4-5,11-25H,6-10H2,1-3H3. The first-order chi connectivity index (χ1) is 13.9. The summed E-state index contributed by atoms with van der Waals surface area (Å²) in [5, 5.41) is 0. The summed E-state index contributed by atoms with van der Waals surface area (Å²) < 4.78 is 5.88. The maximum atomic E-state index is 13.0. The fourth-order valence-electron chi connectivity index (χ4n) is 12.1. The summed E-state index contributed by atoms with van der Waals surface area (Å²) in [6.45, 7) is 6.08. The number of fused-ring (bicyclic) bond motifs is 23. The molecule has 0 amide bonds. The summed E-state index contributed by atoms with van der Waals surface area (Å²) in [4.78, 5) is 13.0.